The molecule has 0 aromatic carbocycles. The van der Waals surface area contributed by atoms with Crippen LogP contribution in [0.3, 0.4) is 0 Å². The average molecular weight is 364 g/mol. The van der Waals surface area contributed by atoms with E-state index in [1.54, 1.807) is 6.20 Å². The Morgan fingerprint density at radius 1 is 1.40 bits per heavy atom. The van der Waals surface area contributed by atoms with Crippen LogP contribution in [-0.4, -0.2) is 54.8 Å². The lowest BCUT2D eigenvalue weighted by Crippen LogP contribution is -2.33. The van der Waals surface area contributed by atoms with E-state index in [4.69, 9.17) is 10.5 Å². The van der Waals surface area contributed by atoms with Crippen molar-refractivity contribution in [2.45, 2.75) is 24.5 Å². The van der Waals surface area contributed by atoms with Gasteiger partial charge < -0.3 is 30.4 Å². The van der Waals surface area contributed by atoms with Crippen molar-refractivity contribution < 1.29 is 20.1 Å². The fourth-order valence-corrected chi connectivity index (χ4v) is 3.77. The highest BCUT2D eigenvalue weighted by Crippen LogP contribution is 2.36. The van der Waals surface area contributed by atoms with Crippen LogP contribution in [0.25, 0.3) is 22.2 Å². The van der Waals surface area contributed by atoms with Crippen molar-refractivity contribution in [3.8, 4) is 11.1 Å². The molecule has 4 atom stereocenters. The third-order valence-electron chi connectivity index (χ3n) is 4.32. The second kappa shape index (κ2) is 5.93. The Balaban J connectivity index is 1.95. The van der Waals surface area contributed by atoms with Crippen LogP contribution < -0.4 is 11.3 Å². The van der Waals surface area contributed by atoms with E-state index in [0.29, 0.717) is 10.9 Å². The molecular weight excluding hydrogens is 348 g/mol. The van der Waals surface area contributed by atoms with Crippen LogP contribution in [-0.2, 0) is 4.74 Å². The van der Waals surface area contributed by atoms with Crippen molar-refractivity contribution in [2.75, 3.05) is 12.3 Å². The highest BCUT2D eigenvalue weighted by molar-refractivity contribution is 7.08. The van der Waals surface area contributed by atoms with Gasteiger partial charge in [-0.2, -0.15) is 16.3 Å². The molecule has 1 aliphatic rings. The topological polar surface area (TPSA) is 147 Å². The summed E-state index contributed by atoms with van der Waals surface area (Å²) in [6.07, 6.45) is -2.84. The first-order valence-electron chi connectivity index (χ1n) is 7.56. The Morgan fingerprint density at radius 3 is 2.84 bits per heavy atom. The molecule has 1 fully saturated rings. The summed E-state index contributed by atoms with van der Waals surface area (Å²) in [5, 5.41) is 33.7. The molecule has 1 saturated heterocycles. The summed E-state index contributed by atoms with van der Waals surface area (Å²) in [6, 6.07) is 1.86. The van der Waals surface area contributed by atoms with E-state index in [-0.39, 0.29) is 11.6 Å². The maximum atomic E-state index is 12.4. The fraction of sp³-hybridized carbons (Fsp3) is 0.333. The van der Waals surface area contributed by atoms with Crippen LogP contribution in [0.15, 0.2) is 27.8 Å². The lowest BCUT2D eigenvalue weighted by molar-refractivity contribution is -0.0508. The molecule has 4 rings (SSSR count). The van der Waals surface area contributed by atoms with Gasteiger partial charge in [-0.1, -0.05) is 0 Å². The number of nitrogens with one attached hydrogen (secondary N) is 1. The van der Waals surface area contributed by atoms with Gasteiger partial charge in [-0.15, -0.1) is 0 Å². The molecule has 1 aliphatic heterocycles. The number of rotatable bonds is 3. The minimum Gasteiger partial charge on any atom is -0.394 e. The number of hydrogen-bond acceptors (Lipinski definition) is 8. The summed E-state index contributed by atoms with van der Waals surface area (Å²) < 4.78 is 7.03. The number of anilines is 1. The zero-order chi connectivity index (χ0) is 17.7. The Labute approximate surface area is 144 Å². The lowest BCUT2D eigenvalue weighted by Gasteiger charge is -2.17. The SMILES string of the molecule is Nc1nc2c(c(-c3ccsc3)cn2[C@@H]2O[C@H](CO)[C@@H](O)[C@H]2O)c(=O)[nH]1. The molecule has 4 heterocycles. The number of ether oxygens (including phenoxy) is 1. The van der Waals surface area contributed by atoms with Crippen LogP contribution >= 0.6 is 11.3 Å². The molecule has 0 radical (unpaired) electrons. The summed E-state index contributed by atoms with van der Waals surface area (Å²) in [7, 11) is 0. The molecule has 0 unspecified atom stereocenters. The number of aromatic nitrogens is 3. The molecule has 0 aliphatic carbocycles. The molecule has 0 amide bonds. The summed E-state index contributed by atoms with van der Waals surface area (Å²) in [5.41, 5.74) is 6.92. The average Bonchev–Trinajstić information content (AvgIpc) is 3.27. The van der Waals surface area contributed by atoms with E-state index in [0.717, 1.165) is 5.56 Å². The van der Waals surface area contributed by atoms with Gasteiger partial charge in [0, 0.05) is 11.8 Å². The highest BCUT2D eigenvalue weighted by Gasteiger charge is 2.44. The third kappa shape index (κ3) is 2.46. The number of nitrogens with zero attached hydrogens (tertiary/aromatic N) is 2. The zero-order valence-electron chi connectivity index (χ0n) is 12.9. The monoisotopic (exact) mass is 364 g/mol. The molecular formula is C15H16N4O5S. The Morgan fingerprint density at radius 2 is 2.20 bits per heavy atom. The fourth-order valence-electron chi connectivity index (χ4n) is 3.11. The van der Waals surface area contributed by atoms with Gasteiger partial charge in [-0.25, -0.2) is 0 Å². The number of nitrogens with two attached hydrogens (primary N) is 1. The van der Waals surface area contributed by atoms with Gasteiger partial charge in [-0.05, 0) is 22.4 Å². The van der Waals surface area contributed by atoms with E-state index < -0.39 is 36.7 Å². The number of fused-ring (bicyclic) bond motifs is 1. The van der Waals surface area contributed by atoms with Gasteiger partial charge in [0.25, 0.3) is 5.56 Å². The molecule has 10 heteroatoms. The van der Waals surface area contributed by atoms with Gasteiger partial charge in [-0.3, -0.25) is 9.78 Å². The van der Waals surface area contributed by atoms with Crippen LogP contribution in [0, 0.1) is 0 Å². The Kier molecular flexibility index (Phi) is 3.85. The quantitative estimate of drug-likeness (QED) is 0.427. The zero-order valence-corrected chi connectivity index (χ0v) is 13.7. The van der Waals surface area contributed by atoms with Crippen molar-refractivity contribution in [2.24, 2.45) is 0 Å². The van der Waals surface area contributed by atoms with Crippen molar-refractivity contribution in [3.05, 3.63) is 33.4 Å². The maximum absolute atomic E-state index is 12.4. The van der Waals surface area contributed by atoms with Crippen molar-refractivity contribution in [3.63, 3.8) is 0 Å². The summed E-state index contributed by atoms with van der Waals surface area (Å²) in [5.74, 6) is -0.0690. The number of H-pyrrole nitrogens is 1. The van der Waals surface area contributed by atoms with Crippen molar-refractivity contribution >= 4 is 28.3 Å². The van der Waals surface area contributed by atoms with E-state index in [9.17, 15) is 20.1 Å². The van der Waals surface area contributed by atoms with Crippen molar-refractivity contribution in [1.82, 2.24) is 14.5 Å². The molecule has 3 aromatic heterocycles. The second-order valence-electron chi connectivity index (χ2n) is 5.84. The predicted molar refractivity (Wildman–Crippen MR) is 91.1 cm³/mol. The van der Waals surface area contributed by atoms with Gasteiger partial charge >= 0.3 is 0 Å². The van der Waals surface area contributed by atoms with Crippen LogP contribution in [0.2, 0.25) is 0 Å². The van der Waals surface area contributed by atoms with Gasteiger partial charge in [0.15, 0.2) is 11.9 Å². The summed E-state index contributed by atoms with van der Waals surface area (Å²) in [4.78, 5) is 19.1. The van der Waals surface area contributed by atoms with Gasteiger partial charge in [0.05, 0.1) is 12.0 Å². The van der Waals surface area contributed by atoms with Crippen LogP contribution in [0.4, 0.5) is 5.95 Å². The molecule has 0 saturated carbocycles. The Hall–Kier alpha value is -2.24. The first-order valence-corrected chi connectivity index (χ1v) is 8.51. The van der Waals surface area contributed by atoms with E-state index >= 15 is 0 Å². The van der Waals surface area contributed by atoms with Crippen molar-refractivity contribution in [1.29, 1.82) is 0 Å². The number of aromatic amines is 1. The number of nitrogen functional groups attached to an aromatic ring is 1. The molecule has 3 aromatic rings. The molecule has 6 N–H and O–H groups in total. The lowest BCUT2D eigenvalue weighted by atomic mass is 10.1. The Bertz CT molecular complexity index is 966. The number of hydrogen-bond donors (Lipinski definition) is 5. The van der Waals surface area contributed by atoms with Gasteiger partial charge in [0.1, 0.15) is 18.3 Å². The number of aliphatic hydroxyl groups excluding tert-OH is 3. The van der Waals surface area contributed by atoms with Gasteiger partial charge in [0.2, 0.25) is 5.95 Å². The number of aliphatic hydroxyl groups is 3. The molecule has 0 spiro atoms. The standard InChI is InChI=1S/C15H16N4O5S/c16-15-17-12-9(13(23)18-15)7(6-1-2-25-5-6)3-19(12)14-11(22)10(21)8(4-20)24-14/h1-3,5,8,10-11,14,20-22H,4H2,(H3,16,17,18,23)/t8-,10-,11-,14-/m1/s1. The number of thiophene rings is 1. The molecule has 25 heavy (non-hydrogen) atoms. The maximum Gasteiger partial charge on any atom is 0.262 e. The van der Waals surface area contributed by atoms with E-state index in [1.807, 2.05) is 16.8 Å². The van der Waals surface area contributed by atoms with E-state index in [1.165, 1.54) is 15.9 Å². The minimum atomic E-state index is -1.29. The first kappa shape index (κ1) is 16.2. The predicted octanol–water partition coefficient (Wildman–Crippen LogP) is -0.353. The molecule has 0 bridgehead atoms. The molecule has 132 valence electrons. The largest absolute Gasteiger partial charge is 0.394 e. The second-order valence-corrected chi connectivity index (χ2v) is 6.62. The first-order chi connectivity index (χ1) is 12.0. The molecule has 9 nitrogen and oxygen atoms in total. The highest BCUT2D eigenvalue weighted by atomic mass is 32.1. The minimum absolute atomic E-state index is 0.0690. The normalized spacial score (nSPS) is 26.5. The van der Waals surface area contributed by atoms with Crippen LogP contribution in [0.1, 0.15) is 6.23 Å². The smallest absolute Gasteiger partial charge is 0.262 e. The third-order valence-corrected chi connectivity index (χ3v) is 5.01. The van der Waals surface area contributed by atoms with E-state index in [2.05, 4.69) is 9.97 Å². The summed E-state index contributed by atoms with van der Waals surface area (Å²) in [6.45, 7) is -0.443. The van der Waals surface area contributed by atoms with Crippen LogP contribution in [0.5, 0.6) is 0 Å². The summed E-state index contributed by atoms with van der Waals surface area (Å²) >= 11 is 1.48.